The quantitative estimate of drug-likeness (QED) is 0.846. The second kappa shape index (κ2) is 4.32. The molecular weight excluding hydrogens is 294 g/mol. The SMILES string of the molecule is COc1ccc2c(c1)NC[C@]1(O)Cc3cc4c(cc3[C@H]21)OCO4. The number of nitrogens with one attached hydrogen (secondary N) is 1. The van der Waals surface area contributed by atoms with Gasteiger partial charge in [0, 0.05) is 30.6 Å². The predicted octanol–water partition coefficient (Wildman–Crippen LogP) is 2.27. The van der Waals surface area contributed by atoms with Crippen molar-refractivity contribution in [3.63, 3.8) is 0 Å². The van der Waals surface area contributed by atoms with Crippen LogP contribution in [-0.2, 0) is 6.42 Å². The number of fused-ring (bicyclic) bond motifs is 6. The van der Waals surface area contributed by atoms with E-state index in [2.05, 4.69) is 5.32 Å². The molecule has 2 aromatic rings. The molecule has 0 spiro atoms. The van der Waals surface area contributed by atoms with Gasteiger partial charge in [0.1, 0.15) is 5.75 Å². The summed E-state index contributed by atoms with van der Waals surface area (Å²) in [5, 5.41) is 14.6. The Kier molecular flexibility index (Phi) is 2.46. The zero-order valence-electron chi connectivity index (χ0n) is 12.8. The Hall–Kier alpha value is -2.40. The third-order valence-corrected chi connectivity index (χ3v) is 5.14. The van der Waals surface area contributed by atoms with Crippen LogP contribution in [-0.4, -0.2) is 31.2 Å². The predicted molar refractivity (Wildman–Crippen MR) is 84.5 cm³/mol. The number of benzene rings is 2. The van der Waals surface area contributed by atoms with E-state index in [1.54, 1.807) is 7.11 Å². The number of anilines is 1. The summed E-state index contributed by atoms with van der Waals surface area (Å²) in [6.07, 6.45) is 0.613. The summed E-state index contributed by atoms with van der Waals surface area (Å²) < 4.78 is 16.3. The first-order chi connectivity index (χ1) is 11.2. The molecule has 0 amide bonds. The molecule has 2 heterocycles. The van der Waals surface area contributed by atoms with Crippen molar-refractivity contribution in [2.75, 3.05) is 25.8 Å². The molecule has 2 aliphatic heterocycles. The molecule has 0 radical (unpaired) electrons. The monoisotopic (exact) mass is 311 g/mol. The highest BCUT2D eigenvalue weighted by Crippen LogP contribution is 2.53. The molecule has 5 heteroatoms. The van der Waals surface area contributed by atoms with Crippen LogP contribution in [0.5, 0.6) is 17.2 Å². The lowest BCUT2D eigenvalue weighted by Crippen LogP contribution is -2.45. The van der Waals surface area contributed by atoms with Crippen LogP contribution in [0.15, 0.2) is 30.3 Å². The molecular formula is C18H17NO4. The molecule has 2 aromatic carbocycles. The summed E-state index contributed by atoms with van der Waals surface area (Å²) in [7, 11) is 1.66. The third kappa shape index (κ3) is 1.71. The van der Waals surface area contributed by atoms with Gasteiger partial charge in [-0.3, -0.25) is 0 Å². The number of hydrogen-bond donors (Lipinski definition) is 2. The maximum absolute atomic E-state index is 11.2. The van der Waals surface area contributed by atoms with Gasteiger partial charge in [-0.1, -0.05) is 6.07 Å². The highest BCUT2D eigenvalue weighted by Gasteiger charge is 2.49. The summed E-state index contributed by atoms with van der Waals surface area (Å²) in [6.45, 7) is 0.779. The average Bonchev–Trinajstić information content (AvgIpc) is 3.12. The van der Waals surface area contributed by atoms with Gasteiger partial charge in [0.15, 0.2) is 11.5 Å². The first-order valence-electron chi connectivity index (χ1n) is 7.74. The number of methoxy groups -OCH3 is 1. The first-order valence-corrected chi connectivity index (χ1v) is 7.74. The fourth-order valence-corrected chi connectivity index (χ4v) is 4.08. The van der Waals surface area contributed by atoms with Crippen LogP contribution in [0.2, 0.25) is 0 Å². The molecule has 118 valence electrons. The van der Waals surface area contributed by atoms with E-state index in [1.807, 2.05) is 30.3 Å². The number of β-amino-alcohol motifs (C(OH)–C–C–N with tert-alkyl or cyclic N) is 1. The lowest BCUT2D eigenvalue weighted by molar-refractivity contribution is 0.0453. The number of hydrogen-bond acceptors (Lipinski definition) is 5. The van der Waals surface area contributed by atoms with Crippen LogP contribution in [0.25, 0.3) is 0 Å². The molecule has 5 rings (SSSR count). The standard InChI is InChI=1S/C18H17NO4/c1-21-11-2-3-12-14(5-11)19-8-18(20)7-10-4-15-16(23-9-22-15)6-13(10)17(12)18/h2-6,17,19-20H,7-9H2,1H3/t17-,18+/m0/s1. The third-order valence-electron chi connectivity index (χ3n) is 5.14. The molecule has 2 atom stereocenters. The van der Waals surface area contributed by atoms with E-state index in [1.165, 1.54) is 0 Å². The number of ether oxygens (including phenoxy) is 3. The van der Waals surface area contributed by atoms with Gasteiger partial charge in [0.25, 0.3) is 0 Å². The molecule has 23 heavy (non-hydrogen) atoms. The van der Waals surface area contributed by atoms with Gasteiger partial charge in [-0.2, -0.15) is 0 Å². The van der Waals surface area contributed by atoms with Crippen molar-refractivity contribution in [1.82, 2.24) is 0 Å². The molecule has 3 aliphatic rings. The van der Waals surface area contributed by atoms with Gasteiger partial charge < -0.3 is 24.6 Å². The van der Waals surface area contributed by atoms with E-state index in [-0.39, 0.29) is 12.7 Å². The normalized spacial score (nSPS) is 26.1. The number of rotatable bonds is 1. The second-order valence-electron chi connectivity index (χ2n) is 6.42. The minimum absolute atomic E-state index is 0.0610. The lowest BCUT2D eigenvalue weighted by Gasteiger charge is -2.37. The van der Waals surface area contributed by atoms with E-state index in [0.29, 0.717) is 13.0 Å². The fraction of sp³-hybridized carbons (Fsp3) is 0.333. The molecule has 0 saturated carbocycles. The van der Waals surface area contributed by atoms with E-state index in [4.69, 9.17) is 14.2 Å². The van der Waals surface area contributed by atoms with Gasteiger partial charge in [0.2, 0.25) is 6.79 Å². The van der Waals surface area contributed by atoms with Gasteiger partial charge in [0.05, 0.1) is 12.7 Å². The van der Waals surface area contributed by atoms with Crippen LogP contribution >= 0.6 is 0 Å². The van der Waals surface area contributed by atoms with E-state index >= 15 is 0 Å². The van der Waals surface area contributed by atoms with Crippen LogP contribution in [0.1, 0.15) is 22.6 Å². The zero-order valence-corrected chi connectivity index (χ0v) is 12.8. The number of aliphatic hydroxyl groups is 1. The van der Waals surface area contributed by atoms with Gasteiger partial charge in [-0.25, -0.2) is 0 Å². The summed E-state index contributed by atoms with van der Waals surface area (Å²) in [5.74, 6) is 2.29. The fourth-order valence-electron chi connectivity index (χ4n) is 4.08. The Morgan fingerprint density at radius 2 is 2.00 bits per heavy atom. The van der Waals surface area contributed by atoms with Crippen molar-refractivity contribution in [2.24, 2.45) is 0 Å². The van der Waals surface area contributed by atoms with Crippen molar-refractivity contribution in [1.29, 1.82) is 0 Å². The summed E-state index contributed by atoms with van der Waals surface area (Å²) in [6, 6.07) is 10.0. The molecule has 0 fully saturated rings. The summed E-state index contributed by atoms with van der Waals surface area (Å²) in [5.41, 5.74) is 3.55. The van der Waals surface area contributed by atoms with E-state index < -0.39 is 5.60 Å². The van der Waals surface area contributed by atoms with Crippen molar-refractivity contribution in [3.8, 4) is 17.2 Å². The van der Waals surface area contributed by atoms with Crippen molar-refractivity contribution in [3.05, 3.63) is 47.0 Å². The minimum atomic E-state index is -0.820. The average molecular weight is 311 g/mol. The molecule has 0 unspecified atom stereocenters. The van der Waals surface area contributed by atoms with Gasteiger partial charge in [-0.15, -0.1) is 0 Å². The highest BCUT2D eigenvalue weighted by atomic mass is 16.7. The Morgan fingerprint density at radius 1 is 1.17 bits per heavy atom. The molecule has 1 aliphatic carbocycles. The van der Waals surface area contributed by atoms with Crippen LogP contribution < -0.4 is 19.5 Å². The topological polar surface area (TPSA) is 60.0 Å². The van der Waals surface area contributed by atoms with Crippen LogP contribution in [0.3, 0.4) is 0 Å². The smallest absolute Gasteiger partial charge is 0.231 e. The van der Waals surface area contributed by atoms with Crippen LogP contribution in [0, 0.1) is 0 Å². The molecule has 0 aromatic heterocycles. The van der Waals surface area contributed by atoms with Gasteiger partial charge >= 0.3 is 0 Å². The molecule has 2 N–H and O–H groups in total. The first kappa shape index (κ1) is 13.1. The van der Waals surface area contributed by atoms with Crippen molar-refractivity contribution >= 4 is 5.69 Å². The highest BCUT2D eigenvalue weighted by molar-refractivity contribution is 5.66. The summed E-state index contributed by atoms with van der Waals surface area (Å²) in [4.78, 5) is 0. The Morgan fingerprint density at radius 3 is 2.83 bits per heavy atom. The maximum atomic E-state index is 11.2. The Bertz CT molecular complexity index is 819. The van der Waals surface area contributed by atoms with Crippen molar-refractivity contribution in [2.45, 2.75) is 17.9 Å². The Balaban J connectivity index is 1.69. The van der Waals surface area contributed by atoms with Crippen LogP contribution in [0.4, 0.5) is 5.69 Å². The zero-order chi connectivity index (χ0) is 15.6. The van der Waals surface area contributed by atoms with E-state index in [0.717, 1.165) is 39.6 Å². The van der Waals surface area contributed by atoms with Gasteiger partial charge in [-0.05, 0) is 34.9 Å². The maximum Gasteiger partial charge on any atom is 0.231 e. The molecule has 0 bridgehead atoms. The van der Waals surface area contributed by atoms with Crippen molar-refractivity contribution < 1.29 is 19.3 Å². The molecule has 5 nitrogen and oxygen atoms in total. The Labute approximate surface area is 133 Å². The largest absolute Gasteiger partial charge is 0.497 e. The summed E-state index contributed by atoms with van der Waals surface area (Å²) >= 11 is 0. The van der Waals surface area contributed by atoms with E-state index in [9.17, 15) is 5.11 Å². The second-order valence-corrected chi connectivity index (χ2v) is 6.42. The minimum Gasteiger partial charge on any atom is -0.497 e. The lowest BCUT2D eigenvalue weighted by atomic mass is 9.79. The molecule has 0 saturated heterocycles.